The van der Waals surface area contributed by atoms with Gasteiger partial charge in [0.25, 0.3) is 5.91 Å². The van der Waals surface area contributed by atoms with Gasteiger partial charge in [-0.1, -0.05) is 35.3 Å². The molecule has 1 heterocycles. The molecule has 0 bridgehead atoms. The summed E-state index contributed by atoms with van der Waals surface area (Å²) in [4.78, 5) is 20.1. The number of amidine groups is 1. The molecule has 3 aromatic rings. The van der Waals surface area contributed by atoms with E-state index in [1.54, 1.807) is 31.3 Å². The topological polar surface area (TPSA) is 60.4 Å². The summed E-state index contributed by atoms with van der Waals surface area (Å²) < 4.78 is 17.0. The summed E-state index contributed by atoms with van der Waals surface area (Å²) >= 11 is 17.3. The maximum absolute atomic E-state index is 13.2. The zero-order chi connectivity index (χ0) is 26.4. The molecule has 0 atom stereocenters. The molecule has 0 unspecified atom stereocenters. The Labute approximate surface area is 238 Å². The van der Waals surface area contributed by atoms with Crippen LogP contribution in [0.3, 0.4) is 0 Å². The first-order valence-electron chi connectivity index (χ1n) is 11.2. The fourth-order valence-electron chi connectivity index (χ4n) is 3.43. The Balaban J connectivity index is 1.56. The number of carbonyl (C=O) groups excluding carboxylic acids is 1. The predicted octanol–water partition coefficient (Wildman–Crippen LogP) is 7.59. The van der Waals surface area contributed by atoms with Crippen molar-refractivity contribution in [3.05, 3.63) is 91.2 Å². The van der Waals surface area contributed by atoms with Gasteiger partial charge in [0.05, 0.1) is 40.3 Å². The third-order valence-corrected chi connectivity index (χ3v) is 7.45. The number of hydrogen-bond acceptors (Lipinski definition) is 6. The Hall–Kier alpha value is -2.49. The van der Waals surface area contributed by atoms with E-state index < -0.39 is 0 Å². The summed E-state index contributed by atoms with van der Waals surface area (Å²) in [6.07, 6.45) is 1.79. The molecule has 3 aromatic carbocycles. The third-order valence-electron chi connectivity index (χ3n) is 5.32. The van der Waals surface area contributed by atoms with Gasteiger partial charge in [-0.05, 0) is 93.4 Å². The molecule has 1 amide bonds. The molecule has 0 aliphatic carbocycles. The lowest BCUT2D eigenvalue weighted by Crippen LogP contribution is -2.32. The van der Waals surface area contributed by atoms with E-state index in [1.807, 2.05) is 54.6 Å². The maximum Gasteiger partial charge on any atom is 0.266 e. The molecule has 1 fully saturated rings. The Bertz CT molecular complexity index is 1310. The van der Waals surface area contributed by atoms with Crippen molar-refractivity contribution in [2.45, 2.75) is 6.61 Å². The van der Waals surface area contributed by atoms with E-state index in [0.29, 0.717) is 55.8 Å². The summed E-state index contributed by atoms with van der Waals surface area (Å²) in [5, 5.41) is 1.67. The van der Waals surface area contributed by atoms with Gasteiger partial charge in [0, 0.05) is 12.1 Å². The minimum Gasteiger partial charge on any atom is -0.497 e. The van der Waals surface area contributed by atoms with Crippen molar-refractivity contribution in [2.24, 2.45) is 4.99 Å². The molecule has 0 spiro atoms. The van der Waals surface area contributed by atoms with Gasteiger partial charge < -0.3 is 14.2 Å². The van der Waals surface area contributed by atoms with E-state index >= 15 is 0 Å². The van der Waals surface area contributed by atoms with Crippen LogP contribution >= 0.6 is 50.9 Å². The SMILES string of the molecule is COCCN1C(=O)/C(=C/c2cc(Cl)c(OCc3ccc(Cl)cc3)c(Br)c2)SC1=Nc1ccc(OC)cc1. The van der Waals surface area contributed by atoms with Crippen molar-refractivity contribution in [3.8, 4) is 11.5 Å². The van der Waals surface area contributed by atoms with Crippen molar-refractivity contribution in [1.29, 1.82) is 0 Å². The molecule has 37 heavy (non-hydrogen) atoms. The largest absolute Gasteiger partial charge is 0.497 e. The summed E-state index contributed by atoms with van der Waals surface area (Å²) in [5.74, 6) is 1.11. The molecule has 1 aliphatic rings. The third kappa shape index (κ3) is 7.09. The van der Waals surface area contributed by atoms with Gasteiger partial charge in [-0.3, -0.25) is 9.69 Å². The van der Waals surface area contributed by atoms with Crippen LogP contribution in [0.5, 0.6) is 11.5 Å². The lowest BCUT2D eigenvalue weighted by molar-refractivity contribution is -0.122. The number of benzene rings is 3. The highest BCUT2D eigenvalue weighted by Crippen LogP contribution is 2.38. The van der Waals surface area contributed by atoms with Crippen molar-refractivity contribution >= 4 is 73.7 Å². The lowest BCUT2D eigenvalue weighted by Gasteiger charge is -2.14. The Kier molecular flexibility index (Phi) is 9.56. The molecule has 1 saturated heterocycles. The number of methoxy groups -OCH3 is 2. The minimum absolute atomic E-state index is 0.148. The number of nitrogens with zero attached hydrogens (tertiary/aromatic N) is 2. The van der Waals surface area contributed by atoms with Crippen LogP contribution < -0.4 is 9.47 Å². The van der Waals surface area contributed by atoms with E-state index in [1.165, 1.54) is 11.8 Å². The summed E-state index contributed by atoms with van der Waals surface area (Å²) in [6.45, 7) is 1.11. The molecule has 0 radical (unpaired) electrons. The van der Waals surface area contributed by atoms with Crippen LogP contribution in [0.25, 0.3) is 6.08 Å². The first kappa shape index (κ1) is 27.5. The Morgan fingerprint density at radius 2 is 1.78 bits per heavy atom. The van der Waals surface area contributed by atoms with Gasteiger partial charge in [0.15, 0.2) is 10.9 Å². The average Bonchev–Trinajstić information content (AvgIpc) is 3.17. The second kappa shape index (κ2) is 12.8. The summed E-state index contributed by atoms with van der Waals surface area (Å²) in [5.41, 5.74) is 2.43. The second-order valence-corrected chi connectivity index (χ2v) is 10.6. The van der Waals surface area contributed by atoms with Crippen LogP contribution in [0.2, 0.25) is 10.0 Å². The number of aliphatic imine (C=N–C) groups is 1. The molecular formula is C27H23BrCl2N2O4S. The van der Waals surface area contributed by atoms with E-state index in [9.17, 15) is 4.79 Å². The normalized spacial score (nSPS) is 15.6. The molecule has 0 saturated carbocycles. The van der Waals surface area contributed by atoms with Crippen LogP contribution in [-0.2, 0) is 16.1 Å². The smallest absolute Gasteiger partial charge is 0.266 e. The van der Waals surface area contributed by atoms with Crippen molar-refractivity contribution in [2.75, 3.05) is 27.4 Å². The summed E-state index contributed by atoms with van der Waals surface area (Å²) in [7, 11) is 3.21. The quantitative estimate of drug-likeness (QED) is 0.230. The highest BCUT2D eigenvalue weighted by Gasteiger charge is 2.33. The number of ether oxygens (including phenoxy) is 3. The van der Waals surface area contributed by atoms with E-state index in [2.05, 4.69) is 20.9 Å². The molecular weight excluding hydrogens is 599 g/mol. The van der Waals surface area contributed by atoms with E-state index in [0.717, 1.165) is 16.9 Å². The predicted molar refractivity (Wildman–Crippen MR) is 154 cm³/mol. The maximum atomic E-state index is 13.2. The standard InChI is InChI=1S/C27H23BrCl2N2O4S/c1-34-12-11-32-26(33)24(37-27(32)31-20-7-9-21(35-2)10-8-20)15-18-13-22(28)25(23(30)14-18)36-16-17-3-5-19(29)6-4-17/h3-10,13-15H,11-12,16H2,1-2H3/b24-15-,31-27?. The van der Waals surface area contributed by atoms with Gasteiger partial charge >= 0.3 is 0 Å². The number of amides is 1. The van der Waals surface area contributed by atoms with E-state index in [4.69, 9.17) is 37.4 Å². The van der Waals surface area contributed by atoms with E-state index in [-0.39, 0.29) is 5.91 Å². The van der Waals surface area contributed by atoms with Crippen LogP contribution in [0.15, 0.2) is 75.0 Å². The number of thioether (sulfide) groups is 1. The highest BCUT2D eigenvalue weighted by atomic mass is 79.9. The Morgan fingerprint density at radius 3 is 2.43 bits per heavy atom. The Morgan fingerprint density at radius 1 is 1.05 bits per heavy atom. The second-order valence-electron chi connectivity index (χ2n) is 7.88. The van der Waals surface area contributed by atoms with Crippen molar-refractivity contribution in [1.82, 2.24) is 4.90 Å². The molecule has 0 N–H and O–H groups in total. The fourth-order valence-corrected chi connectivity index (χ4v) is 5.57. The number of rotatable bonds is 9. The van der Waals surface area contributed by atoms with Crippen molar-refractivity contribution < 1.29 is 19.0 Å². The summed E-state index contributed by atoms with van der Waals surface area (Å²) in [6, 6.07) is 18.4. The zero-order valence-corrected chi connectivity index (χ0v) is 24.0. The number of carbonyl (C=O) groups is 1. The minimum atomic E-state index is -0.148. The van der Waals surface area contributed by atoms with Crippen LogP contribution in [0.4, 0.5) is 5.69 Å². The molecule has 0 aromatic heterocycles. The first-order chi connectivity index (χ1) is 17.9. The van der Waals surface area contributed by atoms with Gasteiger partial charge in [0.1, 0.15) is 12.4 Å². The molecule has 10 heteroatoms. The van der Waals surface area contributed by atoms with Gasteiger partial charge in [0.2, 0.25) is 0 Å². The van der Waals surface area contributed by atoms with Crippen molar-refractivity contribution in [3.63, 3.8) is 0 Å². The average molecular weight is 622 g/mol. The fraction of sp³-hybridized carbons (Fsp3) is 0.185. The highest BCUT2D eigenvalue weighted by molar-refractivity contribution is 9.10. The molecule has 192 valence electrons. The molecule has 1 aliphatic heterocycles. The monoisotopic (exact) mass is 620 g/mol. The van der Waals surface area contributed by atoms with Crippen LogP contribution in [-0.4, -0.2) is 43.3 Å². The number of hydrogen-bond donors (Lipinski definition) is 0. The first-order valence-corrected chi connectivity index (χ1v) is 13.5. The van der Waals surface area contributed by atoms with Gasteiger partial charge in [-0.25, -0.2) is 4.99 Å². The molecule has 4 rings (SSSR count). The van der Waals surface area contributed by atoms with Gasteiger partial charge in [-0.15, -0.1) is 0 Å². The number of halogens is 3. The lowest BCUT2D eigenvalue weighted by atomic mass is 10.2. The van der Waals surface area contributed by atoms with Crippen LogP contribution in [0.1, 0.15) is 11.1 Å². The van der Waals surface area contributed by atoms with Gasteiger partial charge in [-0.2, -0.15) is 0 Å². The molecule has 6 nitrogen and oxygen atoms in total. The zero-order valence-electron chi connectivity index (χ0n) is 20.0. The van der Waals surface area contributed by atoms with Crippen LogP contribution in [0, 0.1) is 0 Å².